The number of carbonyl (C=O) groups is 1. The highest BCUT2D eigenvalue weighted by molar-refractivity contribution is 5.85. The molecule has 6 heteroatoms. The van der Waals surface area contributed by atoms with E-state index < -0.39 is 0 Å². The summed E-state index contributed by atoms with van der Waals surface area (Å²) in [4.78, 5) is 15.9. The number of aromatic amines is 1. The van der Waals surface area contributed by atoms with Gasteiger partial charge in [-0.3, -0.25) is 15.2 Å². The molecule has 92 valence electrons. The summed E-state index contributed by atoms with van der Waals surface area (Å²) in [6, 6.07) is 3.56. The molecule has 3 heterocycles. The molecule has 2 aromatic heterocycles. The number of carbonyl (C=O) groups excluding carboxylic acids is 1. The first-order valence-corrected chi connectivity index (χ1v) is 5.80. The van der Waals surface area contributed by atoms with Crippen LogP contribution >= 0.6 is 0 Å². The molecule has 1 atom stereocenters. The van der Waals surface area contributed by atoms with Gasteiger partial charge in [0.2, 0.25) is 5.91 Å². The molecule has 1 aliphatic heterocycles. The molecule has 6 nitrogen and oxygen atoms in total. The summed E-state index contributed by atoms with van der Waals surface area (Å²) in [6.45, 7) is 1.17. The molecule has 0 saturated carbocycles. The van der Waals surface area contributed by atoms with Gasteiger partial charge in [0.15, 0.2) is 5.65 Å². The van der Waals surface area contributed by atoms with Crippen LogP contribution in [0.25, 0.3) is 11.0 Å². The van der Waals surface area contributed by atoms with Crippen LogP contribution in [0.5, 0.6) is 0 Å². The molecule has 0 fully saturated rings. The van der Waals surface area contributed by atoms with Crippen LogP contribution in [0.3, 0.4) is 0 Å². The fourth-order valence-corrected chi connectivity index (χ4v) is 1.97. The Morgan fingerprint density at radius 2 is 2.50 bits per heavy atom. The number of rotatable bonds is 3. The van der Waals surface area contributed by atoms with Gasteiger partial charge in [0.25, 0.3) is 0 Å². The molecule has 0 radical (unpaired) electrons. The van der Waals surface area contributed by atoms with Crippen molar-refractivity contribution in [1.82, 2.24) is 25.8 Å². The third-order valence-corrected chi connectivity index (χ3v) is 2.91. The van der Waals surface area contributed by atoms with Gasteiger partial charge >= 0.3 is 0 Å². The molecule has 18 heavy (non-hydrogen) atoms. The molecular weight excluding hydrogens is 230 g/mol. The lowest BCUT2D eigenvalue weighted by atomic mass is 10.2. The van der Waals surface area contributed by atoms with Crippen LogP contribution in [0.4, 0.5) is 0 Å². The fraction of sp³-hybridized carbons (Fsp3) is 0.250. The fourth-order valence-electron chi connectivity index (χ4n) is 1.97. The van der Waals surface area contributed by atoms with Gasteiger partial charge in [-0.15, -0.1) is 0 Å². The first kappa shape index (κ1) is 10.9. The predicted octanol–water partition coefficient (Wildman–Crippen LogP) is 0.102. The number of fused-ring (bicyclic) bond motifs is 1. The summed E-state index contributed by atoms with van der Waals surface area (Å²) in [5.41, 5.74) is 1.54. The SMILES string of the molecule is O=C(NCc1[nH]nc2ncccc12)C1C=CCN1. The van der Waals surface area contributed by atoms with Gasteiger partial charge in [-0.2, -0.15) is 5.10 Å². The normalized spacial score (nSPS) is 18.3. The van der Waals surface area contributed by atoms with Crippen LogP contribution in [0, 0.1) is 0 Å². The Morgan fingerprint density at radius 3 is 3.33 bits per heavy atom. The van der Waals surface area contributed by atoms with Crippen LogP contribution in [0.2, 0.25) is 0 Å². The lowest BCUT2D eigenvalue weighted by Crippen LogP contribution is -2.40. The van der Waals surface area contributed by atoms with Crippen molar-refractivity contribution < 1.29 is 4.79 Å². The number of amides is 1. The van der Waals surface area contributed by atoms with Crippen LogP contribution in [-0.4, -0.2) is 33.7 Å². The summed E-state index contributed by atoms with van der Waals surface area (Å²) in [7, 11) is 0. The van der Waals surface area contributed by atoms with Gasteiger partial charge < -0.3 is 5.32 Å². The zero-order valence-corrected chi connectivity index (χ0v) is 9.68. The average Bonchev–Trinajstić information content (AvgIpc) is 3.06. The first-order chi connectivity index (χ1) is 8.84. The topological polar surface area (TPSA) is 82.7 Å². The summed E-state index contributed by atoms with van der Waals surface area (Å²) in [5.74, 6) is -0.0320. The number of hydrogen-bond acceptors (Lipinski definition) is 4. The zero-order chi connectivity index (χ0) is 12.4. The minimum atomic E-state index is -0.225. The Kier molecular flexibility index (Phi) is 2.77. The van der Waals surface area contributed by atoms with Gasteiger partial charge in [0.05, 0.1) is 12.2 Å². The second kappa shape index (κ2) is 4.58. The van der Waals surface area contributed by atoms with E-state index in [-0.39, 0.29) is 11.9 Å². The van der Waals surface area contributed by atoms with Crippen LogP contribution in [-0.2, 0) is 11.3 Å². The van der Waals surface area contributed by atoms with Crippen molar-refractivity contribution in [2.24, 2.45) is 0 Å². The second-order valence-corrected chi connectivity index (χ2v) is 4.11. The third kappa shape index (κ3) is 1.98. The molecule has 0 saturated heterocycles. The number of aromatic nitrogens is 3. The Balaban J connectivity index is 1.69. The molecule has 0 aromatic carbocycles. The van der Waals surface area contributed by atoms with E-state index >= 15 is 0 Å². The molecule has 1 aliphatic rings. The summed E-state index contributed by atoms with van der Waals surface area (Å²) >= 11 is 0. The van der Waals surface area contributed by atoms with Crippen molar-refractivity contribution in [3.63, 3.8) is 0 Å². The van der Waals surface area contributed by atoms with E-state index in [0.29, 0.717) is 12.2 Å². The van der Waals surface area contributed by atoms with Crippen LogP contribution < -0.4 is 10.6 Å². The highest BCUT2D eigenvalue weighted by Gasteiger charge is 2.17. The van der Waals surface area contributed by atoms with Gasteiger partial charge in [-0.25, -0.2) is 4.98 Å². The molecule has 0 bridgehead atoms. The molecule has 0 spiro atoms. The maximum absolute atomic E-state index is 11.8. The predicted molar refractivity (Wildman–Crippen MR) is 66.7 cm³/mol. The van der Waals surface area contributed by atoms with Crippen molar-refractivity contribution in [3.8, 4) is 0 Å². The molecular formula is C12H13N5O. The highest BCUT2D eigenvalue weighted by atomic mass is 16.2. The van der Waals surface area contributed by atoms with Gasteiger partial charge in [-0.1, -0.05) is 12.2 Å². The van der Waals surface area contributed by atoms with E-state index in [1.165, 1.54) is 0 Å². The zero-order valence-electron chi connectivity index (χ0n) is 9.68. The van der Waals surface area contributed by atoms with Gasteiger partial charge in [0.1, 0.15) is 6.04 Å². The highest BCUT2D eigenvalue weighted by Crippen LogP contribution is 2.12. The Bertz CT molecular complexity index is 603. The van der Waals surface area contributed by atoms with E-state index in [0.717, 1.165) is 17.6 Å². The van der Waals surface area contributed by atoms with Crippen LogP contribution in [0.1, 0.15) is 5.69 Å². The Labute approximate surface area is 103 Å². The van der Waals surface area contributed by atoms with E-state index in [1.54, 1.807) is 6.20 Å². The van der Waals surface area contributed by atoms with Crippen molar-refractivity contribution >= 4 is 16.9 Å². The lowest BCUT2D eigenvalue weighted by molar-refractivity contribution is -0.122. The van der Waals surface area contributed by atoms with Crippen molar-refractivity contribution in [3.05, 3.63) is 36.2 Å². The van der Waals surface area contributed by atoms with E-state index in [9.17, 15) is 4.79 Å². The maximum atomic E-state index is 11.8. The Morgan fingerprint density at radius 1 is 1.56 bits per heavy atom. The van der Waals surface area contributed by atoms with Crippen molar-refractivity contribution in [1.29, 1.82) is 0 Å². The van der Waals surface area contributed by atoms with Crippen molar-refractivity contribution in [2.45, 2.75) is 12.6 Å². The monoisotopic (exact) mass is 243 g/mol. The summed E-state index contributed by atoms with van der Waals surface area (Å²) in [6.07, 6.45) is 5.50. The minimum absolute atomic E-state index is 0.0320. The molecule has 1 unspecified atom stereocenters. The second-order valence-electron chi connectivity index (χ2n) is 4.11. The number of hydrogen-bond donors (Lipinski definition) is 3. The van der Waals surface area contributed by atoms with E-state index in [4.69, 9.17) is 0 Å². The number of nitrogens with zero attached hydrogens (tertiary/aromatic N) is 2. The first-order valence-electron chi connectivity index (χ1n) is 5.80. The number of pyridine rings is 1. The minimum Gasteiger partial charge on any atom is -0.349 e. The quantitative estimate of drug-likeness (QED) is 0.668. The third-order valence-electron chi connectivity index (χ3n) is 2.91. The lowest BCUT2D eigenvalue weighted by Gasteiger charge is -2.09. The molecule has 2 aromatic rings. The maximum Gasteiger partial charge on any atom is 0.241 e. The van der Waals surface area contributed by atoms with E-state index in [1.807, 2.05) is 24.3 Å². The standard InChI is InChI=1S/C12H13N5O/c18-12(9-4-2-5-13-9)15-7-10-8-3-1-6-14-11(8)17-16-10/h1-4,6,9,13H,5,7H2,(H,15,18)(H,14,16,17). The van der Waals surface area contributed by atoms with Gasteiger partial charge in [0, 0.05) is 18.1 Å². The molecule has 3 N–H and O–H groups in total. The largest absolute Gasteiger partial charge is 0.349 e. The number of nitrogens with one attached hydrogen (secondary N) is 3. The molecule has 3 rings (SSSR count). The Hall–Kier alpha value is -2.21. The molecule has 1 amide bonds. The van der Waals surface area contributed by atoms with Gasteiger partial charge in [-0.05, 0) is 12.1 Å². The van der Waals surface area contributed by atoms with Crippen molar-refractivity contribution in [2.75, 3.05) is 6.54 Å². The molecule has 0 aliphatic carbocycles. The average molecular weight is 243 g/mol. The smallest absolute Gasteiger partial charge is 0.241 e. The number of H-pyrrole nitrogens is 1. The van der Waals surface area contributed by atoms with Crippen LogP contribution in [0.15, 0.2) is 30.5 Å². The summed E-state index contributed by atoms with van der Waals surface area (Å²) in [5, 5.41) is 13.8. The summed E-state index contributed by atoms with van der Waals surface area (Å²) < 4.78 is 0. The van der Waals surface area contributed by atoms with E-state index in [2.05, 4.69) is 25.8 Å².